The summed E-state index contributed by atoms with van der Waals surface area (Å²) >= 11 is 1.36. The number of aromatic nitrogens is 1. The van der Waals surface area contributed by atoms with Crippen molar-refractivity contribution in [2.45, 2.75) is 26.9 Å². The van der Waals surface area contributed by atoms with Crippen LogP contribution in [-0.2, 0) is 17.8 Å². The zero-order chi connectivity index (χ0) is 20.1. The average Bonchev–Trinajstić information content (AvgIpc) is 3.09. The van der Waals surface area contributed by atoms with E-state index in [4.69, 9.17) is 4.74 Å². The van der Waals surface area contributed by atoms with Gasteiger partial charge in [-0.3, -0.25) is 14.9 Å². The van der Waals surface area contributed by atoms with E-state index in [1.165, 1.54) is 17.4 Å². The summed E-state index contributed by atoms with van der Waals surface area (Å²) in [5.41, 5.74) is 3.17. The molecule has 3 aromatic rings. The highest BCUT2D eigenvalue weighted by molar-refractivity contribution is 7.09. The number of thiazole rings is 1. The van der Waals surface area contributed by atoms with Gasteiger partial charge in [-0.15, -0.1) is 11.3 Å². The van der Waals surface area contributed by atoms with Gasteiger partial charge < -0.3 is 10.1 Å². The Morgan fingerprint density at radius 1 is 1.25 bits per heavy atom. The van der Waals surface area contributed by atoms with Gasteiger partial charge in [0.2, 0.25) is 5.91 Å². The monoisotopic (exact) mass is 397 g/mol. The summed E-state index contributed by atoms with van der Waals surface area (Å²) in [5, 5.41) is 16.4. The third-order valence-corrected chi connectivity index (χ3v) is 4.92. The van der Waals surface area contributed by atoms with Gasteiger partial charge >= 0.3 is 5.69 Å². The average molecular weight is 397 g/mol. The van der Waals surface area contributed by atoms with E-state index >= 15 is 0 Å². The Balaban J connectivity index is 1.60. The molecule has 8 heteroatoms. The van der Waals surface area contributed by atoms with Crippen LogP contribution in [0.5, 0.6) is 5.75 Å². The summed E-state index contributed by atoms with van der Waals surface area (Å²) in [6, 6.07) is 12.3. The molecule has 1 N–H and O–H groups in total. The molecule has 144 valence electrons. The number of rotatable bonds is 7. The lowest BCUT2D eigenvalue weighted by atomic mass is 10.2. The van der Waals surface area contributed by atoms with E-state index in [1.54, 1.807) is 17.5 Å². The molecule has 0 saturated heterocycles. The molecule has 0 radical (unpaired) electrons. The second-order valence-electron chi connectivity index (χ2n) is 6.29. The molecule has 2 aromatic carbocycles. The molecule has 0 aliphatic rings. The lowest BCUT2D eigenvalue weighted by Gasteiger charge is -2.07. The molecule has 0 spiro atoms. The Morgan fingerprint density at radius 3 is 2.79 bits per heavy atom. The number of carbonyl (C=O) groups excluding carboxylic acids is 1. The molecule has 7 nitrogen and oxygen atoms in total. The number of hydrogen-bond acceptors (Lipinski definition) is 6. The highest BCUT2D eigenvalue weighted by Gasteiger charge is 2.16. The van der Waals surface area contributed by atoms with Crippen molar-refractivity contribution in [1.82, 2.24) is 4.98 Å². The van der Waals surface area contributed by atoms with Gasteiger partial charge in [0.1, 0.15) is 11.6 Å². The van der Waals surface area contributed by atoms with Gasteiger partial charge in [-0.05, 0) is 37.1 Å². The van der Waals surface area contributed by atoms with E-state index in [2.05, 4.69) is 10.3 Å². The van der Waals surface area contributed by atoms with Gasteiger partial charge in [-0.25, -0.2) is 4.98 Å². The Kier molecular flexibility index (Phi) is 6.00. The summed E-state index contributed by atoms with van der Waals surface area (Å²) in [5.74, 6) is 0.0577. The van der Waals surface area contributed by atoms with E-state index in [0.717, 1.165) is 16.8 Å². The maximum Gasteiger partial charge on any atom is 0.310 e. The van der Waals surface area contributed by atoms with Crippen molar-refractivity contribution in [2.24, 2.45) is 0 Å². The maximum absolute atomic E-state index is 12.2. The first kappa shape index (κ1) is 19.5. The van der Waals surface area contributed by atoms with Crippen molar-refractivity contribution in [3.05, 3.63) is 79.8 Å². The first-order chi connectivity index (χ1) is 13.4. The van der Waals surface area contributed by atoms with E-state index in [0.29, 0.717) is 10.7 Å². The molecule has 1 aromatic heterocycles. The molecular weight excluding hydrogens is 378 g/mol. The summed E-state index contributed by atoms with van der Waals surface area (Å²) < 4.78 is 5.60. The molecule has 1 heterocycles. The van der Waals surface area contributed by atoms with Crippen molar-refractivity contribution >= 4 is 28.6 Å². The predicted molar refractivity (Wildman–Crippen MR) is 108 cm³/mol. The third kappa shape index (κ3) is 4.92. The fourth-order valence-corrected chi connectivity index (χ4v) is 3.36. The van der Waals surface area contributed by atoms with Crippen molar-refractivity contribution in [1.29, 1.82) is 0 Å². The van der Waals surface area contributed by atoms with Gasteiger partial charge in [-0.2, -0.15) is 0 Å². The summed E-state index contributed by atoms with van der Waals surface area (Å²) in [6.07, 6.45) is 0.156. The molecule has 0 bridgehead atoms. The number of carbonyl (C=O) groups is 1. The molecule has 1 amide bonds. The largest absolute Gasteiger partial charge is 0.480 e. The summed E-state index contributed by atoms with van der Waals surface area (Å²) in [4.78, 5) is 27.3. The molecule has 0 aliphatic heterocycles. The van der Waals surface area contributed by atoms with E-state index in [9.17, 15) is 14.9 Å². The second-order valence-corrected chi connectivity index (χ2v) is 7.23. The Hall–Kier alpha value is -3.26. The van der Waals surface area contributed by atoms with E-state index in [1.807, 2.05) is 38.1 Å². The van der Waals surface area contributed by atoms with Crippen LogP contribution >= 0.6 is 11.3 Å². The number of nitrogens with one attached hydrogen (secondary N) is 1. The molecule has 0 unspecified atom stereocenters. The number of aryl methyl sites for hydroxylation is 2. The minimum atomic E-state index is -0.475. The number of anilines is 1. The lowest BCUT2D eigenvalue weighted by molar-refractivity contribution is -0.386. The number of nitrogens with zero attached hydrogens (tertiary/aromatic N) is 2. The van der Waals surface area contributed by atoms with Crippen LogP contribution in [0, 0.1) is 24.0 Å². The molecule has 0 fully saturated rings. The summed E-state index contributed by atoms with van der Waals surface area (Å²) in [6.45, 7) is 3.86. The number of amides is 1. The predicted octanol–water partition coefficient (Wildman–Crippen LogP) is 4.43. The number of hydrogen-bond donors (Lipinski definition) is 1. The fourth-order valence-electron chi connectivity index (χ4n) is 2.58. The number of para-hydroxylation sites is 1. The zero-order valence-electron chi connectivity index (χ0n) is 15.5. The van der Waals surface area contributed by atoms with Crippen molar-refractivity contribution in [3.63, 3.8) is 0 Å². The number of benzene rings is 2. The minimum Gasteiger partial charge on any atom is -0.480 e. The fraction of sp³-hybridized carbons (Fsp3) is 0.200. The van der Waals surface area contributed by atoms with Crippen LogP contribution in [0.2, 0.25) is 0 Å². The van der Waals surface area contributed by atoms with Crippen LogP contribution in [-0.4, -0.2) is 15.8 Å². The molecule has 28 heavy (non-hydrogen) atoms. The van der Waals surface area contributed by atoms with Gasteiger partial charge in [0.05, 0.1) is 17.0 Å². The highest BCUT2D eigenvalue weighted by Crippen LogP contribution is 2.28. The summed E-state index contributed by atoms with van der Waals surface area (Å²) in [7, 11) is 0. The van der Waals surface area contributed by atoms with Crippen molar-refractivity contribution in [2.75, 3.05) is 5.32 Å². The van der Waals surface area contributed by atoms with Gasteiger partial charge in [0.25, 0.3) is 0 Å². The number of ether oxygens (including phenoxy) is 1. The van der Waals surface area contributed by atoms with Crippen LogP contribution < -0.4 is 10.1 Å². The molecular formula is C20H19N3O4S. The quantitative estimate of drug-likeness (QED) is 0.470. The van der Waals surface area contributed by atoms with Gasteiger partial charge in [0, 0.05) is 17.1 Å². The molecule has 0 saturated carbocycles. The van der Waals surface area contributed by atoms with Gasteiger partial charge in [-0.1, -0.05) is 24.3 Å². The molecule has 0 atom stereocenters. The SMILES string of the molecule is Cc1ccc([N+](=O)[O-])c(OCc2csc(CC(=O)Nc3ccccc3C)n2)c1. The van der Waals surface area contributed by atoms with Crippen LogP contribution in [0.4, 0.5) is 11.4 Å². The van der Waals surface area contributed by atoms with Crippen LogP contribution in [0.15, 0.2) is 47.8 Å². The third-order valence-electron chi connectivity index (χ3n) is 4.02. The molecule has 3 rings (SSSR count). The Morgan fingerprint density at radius 2 is 2.04 bits per heavy atom. The first-order valence-electron chi connectivity index (χ1n) is 8.59. The normalized spacial score (nSPS) is 10.5. The Labute approximate surface area is 166 Å². The number of nitro benzene ring substituents is 1. The van der Waals surface area contributed by atoms with Gasteiger partial charge in [0.15, 0.2) is 5.75 Å². The number of nitro groups is 1. The maximum atomic E-state index is 12.2. The highest BCUT2D eigenvalue weighted by atomic mass is 32.1. The topological polar surface area (TPSA) is 94.4 Å². The van der Waals surface area contributed by atoms with E-state index in [-0.39, 0.29) is 30.4 Å². The van der Waals surface area contributed by atoms with Crippen molar-refractivity contribution < 1.29 is 14.5 Å². The second kappa shape index (κ2) is 8.62. The smallest absolute Gasteiger partial charge is 0.310 e. The van der Waals surface area contributed by atoms with E-state index < -0.39 is 4.92 Å². The lowest BCUT2D eigenvalue weighted by Crippen LogP contribution is -2.15. The first-order valence-corrected chi connectivity index (χ1v) is 9.47. The minimum absolute atomic E-state index is 0.0846. The van der Waals surface area contributed by atoms with Crippen LogP contribution in [0.3, 0.4) is 0 Å². The Bertz CT molecular complexity index is 1020. The standard InChI is InChI=1S/C20H19N3O4S/c1-13-7-8-17(23(25)26)18(9-13)27-11-15-12-28-20(21-15)10-19(24)22-16-6-4-3-5-14(16)2/h3-9,12H,10-11H2,1-2H3,(H,22,24). The van der Waals surface area contributed by atoms with Crippen LogP contribution in [0.25, 0.3) is 0 Å². The zero-order valence-corrected chi connectivity index (χ0v) is 16.3. The van der Waals surface area contributed by atoms with Crippen molar-refractivity contribution in [3.8, 4) is 5.75 Å². The van der Waals surface area contributed by atoms with Crippen LogP contribution in [0.1, 0.15) is 21.8 Å². The molecule has 0 aliphatic carbocycles.